The molecule has 1 saturated carbocycles. The molecule has 0 bridgehead atoms. The Balaban J connectivity index is 2.22. The van der Waals surface area contributed by atoms with E-state index in [1.165, 1.54) is 5.57 Å². The van der Waals surface area contributed by atoms with E-state index >= 15 is 0 Å². The van der Waals surface area contributed by atoms with Gasteiger partial charge in [0.1, 0.15) is 5.82 Å². The van der Waals surface area contributed by atoms with Crippen LogP contribution in [0.5, 0.6) is 0 Å². The molecule has 2 rings (SSSR count). The van der Waals surface area contributed by atoms with Gasteiger partial charge >= 0.3 is 0 Å². The largest absolute Gasteiger partial charge is 0.335 e. The average molecular weight is 243 g/mol. The van der Waals surface area contributed by atoms with Gasteiger partial charge in [0.05, 0.1) is 11.7 Å². The molecule has 96 valence electrons. The fourth-order valence-corrected chi connectivity index (χ4v) is 2.71. The van der Waals surface area contributed by atoms with Crippen LogP contribution >= 0.6 is 0 Å². The number of hydrogen-bond donors (Lipinski definition) is 2. The van der Waals surface area contributed by atoms with E-state index in [0.717, 1.165) is 18.7 Å². The third-order valence-corrected chi connectivity index (χ3v) is 3.92. The molecule has 0 spiro atoms. The zero-order valence-corrected chi connectivity index (χ0v) is 11.0. The molecule has 3 unspecified atom stereocenters. The Bertz CT molecular complexity index is 452. The zero-order chi connectivity index (χ0) is 13.3. The van der Waals surface area contributed by atoms with Gasteiger partial charge in [0.25, 0.3) is 0 Å². The molecule has 1 aliphatic heterocycles. The molecule has 0 amide bonds. The molecular weight excluding hydrogens is 222 g/mol. The first-order chi connectivity index (χ1) is 8.52. The van der Waals surface area contributed by atoms with Gasteiger partial charge < -0.3 is 11.1 Å². The number of nitrogens with zero attached hydrogens (tertiary/aromatic N) is 1. The molecule has 3 nitrogen and oxygen atoms in total. The van der Waals surface area contributed by atoms with Crippen molar-refractivity contribution in [1.29, 1.82) is 0 Å². The van der Waals surface area contributed by atoms with Crippen LogP contribution in [0.25, 0.3) is 0 Å². The van der Waals surface area contributed by atoms with Crippen LogP contribution in [-0.2, 0) is 0 Å². The van der Waals surface area contributed by atoms with Crippen LogP contribution in [0.1, 0.15) is 19.8 Å². The summed E-state index contributed by atoms with van der Waals surface area (Å²) < 4.78 is 0. The summed E-state index contributed by atoms with van der Waals surface area (Å²) in [6, 6.07) is 3.43. The van der Waals surface area contributed by atoms with Crippen molar-refractivity contribution < 1.29 is 0 Å². The normalized spacial score (nSPS) is 31.8. The monoisotopic (exact) mass is 243 g/mol. The molecule has 0 aromatic carbocycles. The van der Waals surface area contributed by atoms with Gasteiger partial charge in [0.15, 0.2) is 0 Å². The molecular formula is C15H21N3. The van der Waals surface area contributed by atoms with Crippen LogP contribution in [0, 0.1) is 23.8 Å². The molecule has 3 atom stereocenters. The minimum atomic E-state index is 0.306. The summed E-state index contributed by atoms with van der Waals surface area (Å²) in [5, 5.41) is 3.10. The SMILES string of the molecule is C=C1C#CN(C2CC(CN)CC(=C)C2C)C(=C)N1. The van der Waals surface area contributed by atoms with Gasteiger partial charge in [-0.05, 0) is 37.1 Å². The van der Waals surface area contributed by atoms with Crippen LogP contribution in [0.3, 0.4) is 0 Å². The number of nitrogens with two attached hydrogens (primary N) is 1. The van der Waals surface area contributed by atoms with E-state index in [1.807, 2.05) is 4.90 Å². The second-order valence-electron chi connectivity index (χ2n) is 5.21. The minimum absolute atomic E-state index is 0.306. The maximum absolute atomic E-state index is 5.81. The van der Waals surface area contributed by atoms with E-state index in [-0.39, 0.29) is 0 Å². The Hall–Kier alpha value is -1.66. The molecule has 0 aromatic rings. The predicted octanol–water partition coefficient (Wildman–Crippen LogP) is 1.77. The first kappa shape index (κ1) is 12.8. The van der Waals surface area contributed by atoms with Crippen molar-refractivity contribution in [1.82, 2.24) is 10.2 Å². The first-order valence-corrected chi connectivity index (χ1v) is 6.36. The molecule has 18 heavy (non-hydrogen) atoms. The maximum Gasteiger partial charge on any atom is 0.111 e. The summed E-state index contributed by atoms with van der Waals surface area (Å²) in [6.07, 6.45) is 2.07. The van der Waals surface area contributed by atoms with E-state index < -0.39 is 0 Å². The molecule has 2 aliphatic rings. The number of hydrogen-bond acceptors (Lipinski definition) is 3. The lowest BCUT2D eigenvalue weighted by Crippen LogP contribution is -2.46. The van der Waals surface area contributed by atoms with Crippen molar-refractivity contribution in [2.24, 2.45) is 17.6 Å². The molecule has 3 heteroatoms. The van der Waals surface area contributed by atoms with Crippen LogP contribution in [0.15, 0.2) is 36.8 Å². The van der Waals surface area contributed by atoms with Gasteiger partial charge in [-0.25, -0.2) is 0 Å². The summed E-state index contributed by atoms with van der Waals surface area (Å²) in [6.45, 7) is 14.9. The van der Waals surface area contributed by atoms with Crippen molar-refractivity contribution in [2.45, 2.75) is 25.8 Å². The van der Waals surface area contributed by atoms with Crippen molar-refractivity contribution in [3.63, 3.8) is 0 Å². The fraction of sp³-hybridized carbons (Fsp3) is 0.467. The Labute approximate surface area is 109 Å². The smallest absolute Gasteiger partial charge is 0.111 e. The van der Waals surface area contributed by atoms with Crippen molar-refractivity contribution in [2.75, 3.05) is 6.54 Å². The summed E-state index contributed by atoms with van der Waals surface area (Å²) in [5.41, 5.74) is 7.78. The number of nitrogens with one attached hydrogen (secondary N) is 1. The average Bonchev–Trinajstić information content (AvgIpc) is 2.33. The number of allylic oxidation sites excluding steroid dienone is 1. The Kier molecular flexibility index (Phi) is 3.49. The summed E-state index contributed by atoms with van der Waals surface area (Å²) in [5.74, 6) is 4.69. The molecule has 1 fully saturated rings. The van der Waals surface area contributed by atoms with Gasteiger partial charge in [-0.2, -0.15) is 0 Å². The second-order valence-corrected chi connectivity index (χ2v) is 5.21. The molecule has 1 aliphatic carbocycles. The van der Waals surface area contributed by atoms with Gasteiger partial charge in [-0.1, -0.05) is 32.2 Å². The van der Waals surface area contributed by atoms with Crippen LogP contribution in [0.2, 0.25) is 0 Å². The highest BCUT2D eigenvalue weighted by molar-refractivity contribution is 5.33. The van der Waals surface area contributed by atoms with Crippen molar-refractivity contribution >= 4 is 0 Å². The highest BCUT2D eigenvalue weighted by Crippen LogP contribution is 2.36. The van der Waals surface area contributed by atoms with E-state index in [4.69, 9.17) is 5.73 Å². The lowest BCUT2D eigenvalue weighted by Gasteiger charge is -2.42. The lowest BCUT2D eigenvalue weighted by molar-refractivity contribution is 0.198. The fourth-order valence-electron chi connectivity index (χ4n) is 2.71. The highest BCUT2D eigenvalue weighted by atomic mass is 15.3. The molecule has 0 aromatic heterocycles. The van der Waals surface area contributed by atoms with E-state index in [2.05, 4.69) is 43.9 Å². The van der Waals surface area contributed by atoms with Crippen LogP contribution in [-0.4, -0.2) is 17.5 Å². The Morgan fingerprint density at radius 2 is 2.17 bits per heavy atom. The third-order valence-electron chi connectivity index (χ3n) is 3.92. The van der Waals surface area contributed by atoms with Gasteiger partial charge in [0, 0.05) is 6.04 Å². The lowest BCUT2D eigenvalue weighted by atomic mass is 9.75. The molecule has 1 heterocycles. The van der Waals surface area contributed by atoms with E-state index in [0.29, 0.717) is 30.1 Å². The summed E-state index contributed by atoms with van der Waals surface area (Å²) in [4.78, 5) is 2.02. The van der Waals surface area contributed by atoms with E-state index in [9.17, 15) is 0 Å². The Morgan fingerprint density at radius 3 is 2.78 bits per heavy atom. The van der Waals surface area contributed by atoms with Crippen molar-refractivity contribution in [3.8, 4) is 12.0 Å². The van der Waals surface area contributed by atoms with Crippen LogP contribution < -0.4 is 11.1 Å². The third kappa shape index (κ3) is 2.30. The molecule has 0 radical (unpaired) electrons. The van der Waals surface area contributed by atoms with Gasteiger partial charge in [-0.3, -0.25) is 4.90 Å². The standard InChI is InChI=1S/C15H21N3/c1-10-7-14(9-16)8-15(12(10)3)18-6-5-11(2)17-13(18)4/h12,14-15,17H,1-2,4,7-9,16H2,3H3. The van der Waals surface area contributed by atoms with Gasteiger partial charge in [0.2, 0.25) is 0 Å². The summed E-state index contributed by atoms with van der Waals surface area (Å²) >= 11 is 0. The topological polar surface area (TPSA) is 41.3 Å². The first-order valence-electron chi connectivity index (χ1n) is 6.36. The van der Waals surface area contributed by atoms with E-state index in [1.54, 1.807) is 0 Å². The highest BCUT2D eigenvalue weighted by Gasteiger charge is 2.34. The predicted molar refractivity (Wildman–Crippen MR) is 74.9 cm³/mol. The number of rotatable bonds is 2. The second kappa shape index (κ2) is 4.91. The quantitative estimate of drug-likeness (QED) is 0.573. The van der Waals surface area contributed by atoms with Crippen LogP contribution in [0.4, 0.5) is 0 Å². The van der Waals surface area contributed by atoms with Crippen molar-refractivity contribution in [3.05, 3.63) is 36.8 Å². The molecule has 3 N–H and O–H groups in total. The minimum Gasteiger partial charge on any atom is -0.335 e. The Morgan fingerprint density at radius 1 is 1.44 bits per heavy atom. The maximum atomic E-state index is 5.81. The summed E-state index contributed by atoms with van der Waals surface area (Å²) in [7, 11) is 0. The zero-order valence-electron chi connectivity index (χ0n) is 11.0. The van der Waals surface area contributed by atoms with Gasteiger partial charge in [-0.15, -0.1) is 0 Å². The molecule has 0 saturated heterocycles.